The average molecular weight is 222 g/mol. The maximum absolute atomic E-state index is 10.8. The molecular weight excluding hydrogens is 208 g/mol. The van der Waals surface area contributed by atoms with Gasteiger partial charge in [0.25, 0.3) is 0 Å². The number of anilines is 1. The van der Waals surface area contributed by atoms with E-state index in [1.165, 1.54) is 6.20 Å². The van der Waals surface area contributed by atoms with Gasteiger partial charge >= 0.3 is 5.82 Å². The lowest BCUT2D eigenvalue weighted by molar-refractivity contribution is -0.388. The van der Waals surface area contributed by atoms with E-state index in [4.69, 9.17) is 0 Å². The molecule has 0 aliphatic carbocycles. The second-order valence-electron chi connectivity index (χ2n) is 3.90. The molecule has 16 heavy (non-hydrogen) atoms. The number of aromatic nitrogens is 1. The summed E-state index contributed by atoms with van der Waals surface area (Å²) >= 11 is 0. The van der Waals surface area contributed by atoms with Gasteiger partial charge in [0, 0.05) is 25.7 Å². The molecule has 0 aromatic carbocycles. The minimum Gasteiger partial charge on any atom is -0.362 e. The highest BCUT2D eigenvalue weighted by atomic mass is 16.6. The summed E-state index contributed by atoms with van der Waals surface area (Å²) in [5.74, 6) is -0.0587. The molecule has 1 saturated heterocycles. The molecule has 0 radical (unpaired) electrons. The van der Waals surface area contributed by atoms with Crippen LogP contribution in [0.3, 0.4) is 0 Å². The average Bonchev–Trinajstić information content (AvgIpc) is 2.29. The van der Waals surface area contributed by atoms with Crippen molar-refractivity contribution in [2.45, 2.75) is 13.0 Å². The maximum Gasteiger partial charge on any atom is 0.387 e. The number of nitrogens with one attached hydrogen (secondary N) is 1. The van der Waals surface area contributed by atoms with Crippen molar-refractivity contribution in [1.29, 1.82) is 0 Å². The summed E-state index contributed by atoms with van der Waals surface area (Å²) in [6.45, 7) is 4.45. The third kappa shape index (κ3) is 2.11. The van der Waals surface area contributed by atoms with Crippen LogP contribution in [0.4, 0.5) is 11.5 Å². The van der Waals surface area contributed by atoms with Crippen molar-refractivity contribution in [2.24, 2.45) is 0 Å². The van der Waals surface area contributed by atoms with Gasteiger partial charge in [0.05, 0.1) is 0 Å². The Labute approximate surface area is 93.4 Å². The van der Waals surface area contributed by atoms with Crippen LogP contribution in [0.15, 0.2) is 18.3 Å². The van der Waals surface area contributed by atoms with Crippen LogP contribution in [0.25, 0.3) is 0 Å². The number of pyridine rings is 1. The minimum atomic E-state index is -0.429. The molecule has 1 aromatic rings. The molecule has 1 aliphatic rings. The molecule has 2 heterocycles. The van der Waals surface area contributed by atoms with Crippen molar-refractivity contribution in [3.63, 3.8) is 0 Å². The Morgan fingerprint density at radius 2 is 2.50 bits per heavy atom. The van der Waals surface area contributed by atoms with Gasteiger partial charge in [0.15, 0.2) is 0 Å². The van der Waals surface area contributed by atoms with Crippen LogP contribution in [0.2, 0.25) is 0 Å². The van der Waals surface area contributed by atoms with Crippen molar-refractivity contribution in [3.05, 3.63) is 28.4 Å². The van der Waals surface area contributed by atoms with Gasteiger partial charge in [-0.1, -0.05) is 0 Å². The summed E-state index contributed by atoms with van der Waals surface area (Å²) < 4.78 is 0. The van der Waals surface area contributed by atoms with E-state index >= 15 is 0 Å². The molecule has 2 rings (SSSR count). The maximum atomic E-state index is 10.8. The topological polar surface area (TPSA) is 71.3 Å². The SMILES string of the molecule is C[C@@H]1CN(c2cccnc2[N+](=O)[O-])CCN1. The molecule has 1 aliphatic heterocycles. The molecule has 0 amide bonds. The lowest BCUT2D eigenvalue weighted by atomic mass is 10.2. The lowest BCUT2D eigenvalue weighted by Gasteiger charge is -2.32. The first-order valence-corrected chi connectivity index (χ1v) is 5.26. The molecule has 1 fully saturated rings. The Morgan fingerprint density at radius 3 is 3.19 bits per heavy atom. The quantitative estimate of drug-likeness (QED) is 0.591. The van der Waals surface area contributed by atoms with Crippen molar-refractivity contribution >= 4 is 11.5 Å². The van der Waals surface area contributed by atoms with Gasteiger partial charge in [0.1, 0.15) is 11.9 Å². The van der Waals surface area contributed by atoms with Gasteiger partial charge in [0.2, 0.25) is 0 Å². The van der Waals surface area contributed by atoms with E-state index in [0.29, 0.717) is 11.7 Å². The fraction of sp³-hybridized carbons (Fsp3) is 0.500. The number of piperazine rings is 1. The van der Waals surface area contributed by atoms with Crippen LogP contribution in [0, 0.1) is 10.1 Å². The van der Waals surface area contributed by atoms with E-state index in [9.17, 15) is 10.1 Å². The van der Waals surface area contributed by atoms with Gasteiger partial charge in [-0.15, -0.1) is 0 Å². The summed E-state index contributed by atoms with van der Waals surface area (Å²) in [5.41, 5.74) is 0.612. The molecule has 6 nitrogen and oxygen atoms in total. The van der Waals surface area contributed by atoms with Crippen molar-refractivity contribution in [1.82, 2.24) is 10.3 Å². The van der Waals surface area contributed by atoms with Crippen LogP contribution >= 0.6 is 0 Å². The number of rotatable bonds is 2. The molecular formula is C10H14N4O2. The molecule has 1 atom stereocenters. The first-order valence-electron chi connectivity index (χ1n) is 5.26. The zero-order chi connectivity index (χ0) is 11.5. The molecule has 6 heteroatoms. The van der Waals surface area contributed by atoms with Crippen molar-refractivity contribution in [2.75, 3.05) is 24.5 Å². The smallest absolute Gasteiger partial charge is 0.362 e. The normalized spacial score (nSPS) is 20.8. The van der Waals surface area contributed by atoms with Crippen LogP contribution in [0.5, 0.6) is 0 Å². The molecule has 0 unspecified atom stereocenters. The summed E-state index contributed by atoms with van der Waals surface area (Å²) in [6.07, 6.45) is 1.45. The summed E-state index contributed by atoms with van der Waals surface area (Å²) in [4.78, 5) is 16.2. The van der Waals surface area contributed by atoms with Crippen LogP contribution in [-0.4, -0.2) is 35.6 Å². The lowest BCUT2D eigenvalue weighted by Crippen LogP contribution is -2.49. The first kappa shape index (κ1) is 10.8. The highest BCUT2D eigenvalue weighted by Gasteiger charge is 2.23. The predicted molar refractivity (Wildman–Crippen MR) is 60.6 cm³/mol. The molecule has 1 N–H and O–H groups in total. The van der Waals surface area contributed by atoms with E-state index in [-0.39, 0.29) is 5.82 Å². The van der Waals surface area contributed by atoms with E-state index < -0.39 is 4.92 Å². The number of hydrogen-bond donors (Lipinski definition) is 1. The monoisotopic (exact) mass is 222 g/mol. The predicted octanol–water partition coefficient (Wildman–Crippen LogP) is 0.788. The molecule has 1 aromatic heterocycles. The van der Waals surface area contributed by atoms with Crippen LogP contribution in [-0.2, 0) is 0 Å². The summed E-state index contributed by atoms with van der Waals surface area (Å²) in [7, 11) is 0. The van der Waals surface area contributed by atoms with E-state index in [2.05, 4.69) is 17.2 Å². The van der Waals surface area contributed by atoms with Gasteiger partial charge in [-0.05, 0) is 29.0 Å². The third-order valence-electron chi connectivity index (χ3n) is 2.65. The number of nitro groups is 1. The van der Waals surface area contributed by atoms with Gasteiger partial charge in [-0.3, -0.25) is 0 Å². The van der Waals surface area contributed by atoms with E-state index in [1.807, 2.05) is 4.90 Å². The Kier molecular flexibility index (Phi) is 3.00. The zero-order valence-corrected chi connectivity index (χ0v) is 9.09. The molecule has 0 spiro atoms. The zero-order valence-electron chi connectivity index (χ0n) is 9.09. The molecule has 86 valence electrons. The van der Waals surface area contributed by atoms with Gasteiger partial charge in [-0.25, -0.2) is 0 Å². The van der Waals surface area contributed by atoms with Gasteiger partial charge in [-0.2, -0.15) is 0 Å². The standard InChI is InChI=1S/C10H14N4O2/c1-8-7-13(6-5-11-8)9-3-2-4-12-10(9)14(15)16/h2-4,8,11H,5-7H2,1H3/t8-/m1/s1. The number of hydrogen-bond acceptors (Lipinski definition) is 5. The second-order valence-corrected chi connectivity index (χ2v) is 3.90. The minimum absolute atomic E-state index is 0.0587. The highest BCUT2D eigenvalue weighted by molar-refractivity contribution is 5.59. The highest BCUT2D eigenvalue weighted by Crippen LogP contribution is 2.25. The first-order chi connectivity index (χ1) is 7.68. The van der Waals surface area contributed by atoms with Gasteiger partial charge < -0.3 is 20.3 Å². The Balaban J connectivity index is 2.28. The second kappa shape index (κ2) is 4.44. The van der Waals surface area contributed by atoms with Crippen molar-refractivity contribution in [3.8, 4) is 0 Å². The Morgan fingerprint density at radius 1 is 1.69 bits per heavy atom. The third-order valence-corrected chi connectivity index (χ3v) is 2.65. The largest absolute Gasteiger partial charge is 0.387 e. The number of nitrogens with zero attached hydrogens (tertiary/aromatic N) is 3. The van der Waals surface area contributed by atoms with Crippen LogP contribution in [0.1, 0.15) is 6.92 Å². The van der Waals surface area contributed by atoms with Crippen LogP contribution < -0.4 is 10.2 Å². The summed E-state index contributed by atoms with van der Waals surface area (Å²) in [6, 6.07) is 3.83. The Bertz CT molecular complexity index is 396. The Hall–Kier alpha value is -1.69. The molecule has 0 saturated carbocycles. The molecule has 0 bridgehead atoms. The van der Waals surface area contributed by atoms with Crippen molar-refractivity contribution < 1.29 is 4.92 Å². The fourth-order valence-electron chi connectivity index (χ4n) is 1.93. The summed E-state index contributed by atoms with van der Waals surface area (Å²) in [5, 5.41) is 14.1. The van der Waals surface area contributed by atoms with E-state index in [1.54, 1.807) is 12.1 Å². The fourth-order valence-corrected chi connectivity index (χ4v) is 1.93. The van der Waals surface area contributed by atoms with E-state index in [0.717, 1.165) is 19.6 Å².